The molecule has 0 saturated heterocycles. The fraction of sp³-hybridized carbons (Fsp3) is 0.435. The second-order valence-corrected chi connectivity index (χ2v) is 10.0. The van der Waals surface area contributed by atoms with Crippen molar-refractivity contribution in [2.45, 2.75) is 47.0 Å². The SMILES string of the molecule is CCc1cc(-c2noc(-c3cc(CCC(C)C)nc(OC)c3)n2)cc(C)c1NS(C)(=O)=O. The smallest absolute Gasteiger partial charge is 0.258 e. The molecule has 0 unspecified atom stereocenters. The van der Waals surface area contributed by atoms with Crippen LogP contribution < -0.4 is 9.46 Å². The minimum atomic E-state index is -3.38. The number of methoxy groups -OCH3 is 1. The number of benzene rings is 1. The lowest BCUT2D eigenvalue weighted by Crippen LogP contribution is -2.12. The van der Waals surface area contributed by atoms with Crippen LogP contribution >= 0.6 is 0 Å². The lowest BCUT2D eigenvalue weighted by Gasteiger charge is -2.14. The van der Waals surface area contributed by atoms with Gasteiger partial charge in [-0.2, -0.15) is 4.98 Å². The Balaban J connectivity index is 1.97. The van der Waals surface area contributed by atoms with Crippen molar-refractivity contribution in [3.8, 4) is 28.7 Å². The average molecular weight is 459 g/mol. The number of hydrogen-bond donors (Lipinski definition) is 1. The highest BCUT2D eigenvalue weighted by molar-refractivity contribution is 7.92. The molecule has 0 atom stereocenters. The Kier molecular flexibility index (Phi) is 7.18. The van der Waals surface area contributed by atoms with E-state index in [9.17, 15) is 8.42 Å². The van der Waals surface area contributed by atoms with Crippen molar-refractivity contribution in [2.75, 3.05) is 18.1 Å². The molecule has 3 rings (SSSR count). The molecular formula is C23H30N4O4S. The normalized spacial score (nSPS) is 11.7. The molecule has 32 heavy (non-hydrogen) atoms. The minimum absolute atomic E-state index is 0.375. The summed E-state index contributed by atoms with van der Waals surface area (Å²) in [6, 6.07) is 7.46. The zero-order valence-corrected chi connectivity index (χ0v) is 20.2. The highest BCUT2D eigenvalue weighted by Gasteiger charge is 2.17. The van der Waals surface area contributed by atoms with E-state index in [4.69, 9.17) is 9.26 Å². The third-order valence-corrected chi connectivity index (χ3v) is 5.63. The third kappa shape index (κ3) is 5.85. The molecule has 0 bridgehead atoms. The summed E-state index contributed by atoms with van der Waals surface area (Å²) < 4.78 is 37.0. The number of pyridine rings is 1. The van der Waals surface area contributed by atoms with Gasteiger partial charge >= 0.3 is 0 Å². The molecule has 0 aliphatic heterocycles. The fourth-order valence-corrected chi connectivity index (χ4v) is 4.07. The van der Waals surface area contributed by atoms with Crippen LogP contribution in [0.15, 0.2) is 28.8 Å². The number of nitrogens with one attached hydrogen (secondary N) is 1. The summed E-state index contributed by atoms with van der Waals surface area (Å²) in [5, 5.41) is 4.16. The van der Waals surface area contributed by atoms with Gasteiger partial charge in [0, 0.05) is 22.9 Å². The first-order chi connectivity index (χ1) is 15.1. The molecular weight excluding hydrogens is 428 g/mol. The van der Waals surface area contributed by atoms with Crippen LogP contribution in [-0.4, -0.2) is 36.9 Å². The number of sulfonamides is 1. The molecule has 0 spiro atoms. The third-order valence-electron chi connectivity index (χ3n) is 5.06. The predicted octanol–water partition coefficient (Wildman–Crippen LogP) is 4.64. The van der Waals surface area contributed by atoms with Crippen LogP contribution in [0.1, 0.15) is 44.0 Å². The van der Waals surface area contributed by atoms with Gasteiger partial charge in [-0.3, -0.25) is 4.72 Å². The van der Waals surface area contributed by atoms with Crippen LogP contribution in [0.4, 0.5) is 5.69 Å². The van der Waals surface area contributed by atoms with Crippen LogP contribution in [0.3, 0.4) is 0 Å². The summed E-state index contributed by atoms with van der Waals surface area (Å²) in [4.78, 5) is 9.10. The Morgan fingerprint density at radius 1 is 1.12 bits per heavy atom. The lowest BCUT2D eigenvalue weighted by molar-refractivity contribution is 0.394. The second-order valence-electron chi connectivity index (χ2n) is 8.30. The van der Waals surface area contributed by atoms with Crippen molar-refractivity contribution in [1.29, 1.82) is 0 Å². The van der Waals surface area contributed by atoms with E-state index >= 15 is 0 Å². The van der Waals surface area contributed by atoms with Crippen LogP contribution in [0.25, 0.3) is 22.8 Å². The maximum absolute atomic E-state index is 11.7. The predicted molar refractivity (Wildman–Crippen MR) is 125 cm³/mol. The Morgan fingerprint density at radius 2 is 1.88 bits per heavy atom. The van der Waals surface area contributed by atoms with Crippen LogP contribution in [0.2, 0.25) is 0 Å². The Labute approximate surface area is 189 Å². The van der Waals surface area contributed by atoms with Gasteiger partial charge in [0.25, 0.3) is 5.89 Å². The molecule has 1 N–H and O–H groups in total. The van der Waals surface area contributed by atoms with Gasteiger partial charge in [0.1, 0.15) is 0 Å². The quantitative estimate of drug-likeness (QED) is 0.498. The molecule has 0 aliphatic rings. The summed E-state index contributed by atoms with van der Waals surface area (Å²) in [7, 11) is -1.80. The largest absolute Gasteiger partial charge is 0.481 e. The van der Waals surface area contributed by atoms with Crippen molar-refractivity contribution >= 4 is 15.7 Å². The van der Waals surface area contributed by atoms with Crippen molar-refractivity contribution in [2.24, 2.45) is 5.92 Å². The highest BCUT2D eigenvalue weighted by atomic mass is 32.2. The topological polar surface area (TPSA) is 107 Å². The number of anilines is 1. The van der Waals surface area contributed by atoms with E-state index in [-0.39, 0.29) is 0 Å². The summed E-state index contributed by atoms with van der Waals surface area (Å²) >= 11 is 0. The summed E-state index contributed by atoms with van der Waals surface area (Å²) in [6.45, 7) is 8.17. The van der Waals surface area contributed by atoms with Crippen molar-refractivity contribution in [1.82, 2.24) is 15.1 Å². The maximum Gasteiger partial charge on any atom is 0.258 e. The molecule has 0 amide bonds. The molecule has 172 valence electrons. The standard InChI is InChI=1S/C23H30N4O4S/c1-7-16-11-17(10-15(4)21(16)27-32(6,28)29)22-25-23(31-26-22)18-12-19(9-8-14(2)3)24-20(13-18)30-5/h10-14,27H,7-9H2,1-6H3. The summed E-state index contributed by atoms with van der Waals surface area (Å²) in [6.07, 6.45) is 3.64. The highest BCUT2D eigenvalue weighted by Crippen LogP contribution is 2.31. The van der Waals surface area contributed by atoms with E-state index in [0.717, 1.165) is 47.0 Å². The van der Waals surface area contributed by atoms with E-state index in [0.29, 0.717) is 35.6 Å². The number of nitrogens with zero attached hydrogens (tertiary/aromatic N) is 3. The summed E-state index contributed by atoms with van der Waals surface area (Å²) in [5.41, 5.74) is 4.66. The maximum atomic E-state index is 11.7. The van der Waals surface area contributed by atoms with E-state index in [1.807, 2.05) is 32.0 Å². The summed E-state index contributed by atoms with van der Waals surface area (Å²) in [5.74, 6) is 1.88. The molecule has 1 aromatic carbocycles. The van der Waals surface area contributed by atoms with E-state index in [1.165, 1.54) is 0 Å². The van der Waals surface area contributed by atoms with Gasteiger partial charge in [-0.1, -0.05) is 25.9 Å². The Morgan fingerprint density at radius 3 is 2.50 bits per heavy atom. The van der Waals surface area contributed by atoms with Gasteiger partial charge < -0.3 is 9.26 Å². The minimum Gasteiger partial charge on any atom is -0.481 e. The number of aromatic nitrogens is 3. The van der Waals surface area contributed by atoms with Crippen LogP contribution in [-0.2, 0) is 22.9 Å². The van der Waals surface area contributed by atoms with E-state index in [2.05, 4.69) is 33.7 Å². The molecule has 2 aromatic heterocycles. The van der Waals surface area contributed by atoms with Gasteiger partial charge in [0.05, 0.1) is 19.1 Å². The Bertz CT molecular complexity index is 1200. The van der Waals surface area contributed by atoms with E-state index < -0.39 is 10.0 Å². The van der Waals surface area contributed by atoms with Gasteiger partial charge in [0.2, 0.25) is 21.7 Å². The molecule has 9 heteroatoms. The average Bonchev–Trinajstić information content (AvgIpc) is 3.22. The van der Waals surface area contributed by atoms with Gasteiger partial charge in [-0.25, -0.2) is 13.4 Å². The van der Waals surface area contributed by atoms with Gasteiger partial charge in [-0.05, 0) is 61.4 Å². The Hall–Kier alpha value is -2.94. The fourth-order valence-electron chi connectivity index (χ4n) is 3.41. The first kappa shape index (κ1) is 23.7. The molecule has 3 aromatic rings. The first-order valence-electron chi connectivity index (χ1n) is 10.6. The zero-order chi connectivity index (χ0) is 23.5. The molecule has 8 nitrogen and oxygen atoms in total. The first-order valence-corrected chi connectivity index (χ1v) is 12.5. The van der Waals surface area contributed by atoms with E-state index in [1.54, 1.807) is 13.2 Å². The van der Waals surface area contributed by atoms with Gasteiger partial charge in [-0.15, -0.1) is 0 Å². The number of ether oxygens (including phenoxy) is 1. The van der Waals surface area contributed by atoms with Gasteiger partial charge in [0.15, 0.2) is 0 Å². The molecule has 0 saturated carbocycles. The van der Waals surface area contributed by atoms with Crippen molar-refractivity contribution in [3.05, 3.63) is 41.1 Å². The van der Waals surface area contributed by atoms with Crippen LogP contribution in [0.5, 0.6) is 5.88 Å². The van der Waals surface area contributed by atoms with Crippen molar-refractivity contribution in [3.63, 3.8) is 0 Å². The van der Waals surface area contributed by atoms with Crippen molar-refractivity contribution < 1.29 is 17.7 Å². The lowest BCUT2D eigenvalue weighted by atomic mass is 10.0. The molecule has 2 heterocycles. The zero-order valence-electron chi connectivity index (χ0n) is 19.4. The molecule has 0 fully saturated rings. The number of aryl methyl sites for hydroxylation is 3. The number of rotatable bonds is 9. The second kappa shape index (κ2) is 9.68. The molecule has 0 radical (unpaired) electrons. The number of hydrogen-bond acceptors (Lipinski definition) is 7. The monoisotopic (exact) mass is 458 g/mol. The van der Waals surface area contributed by atoms with Crippen LogP contribution in [0, 0.1) is 12.8 Å². The molecule has 0 aliphatic carbocycles.